The van der Waals surface area contributed by atoms with Crippen LogP contribution in [0.15, 0.2) is 111 Å². The molecule has 0 saturated carbocycles. The first-order valence-corrected chi connectivity index (χ1v) is 21.0. The zero-order valence-electron chi connectivity index (χ0n) is 32.6. The van der Waals surface area contributed by atoms with Crippen molar-refractivity contribution in [1.82, 2.24) is 0 Å². The van der Waals surface area contributed by atoms with Gasteiger partial charge in [0.2, 0.25) is 12.1 Å². The molecule has 0 aliphatic heterocycles. The molecule has 0 heterocycles. The zero-order valence-corrected chi connectivity index (χ0v) is 37.9. The van der Waals surface area contributed by atoms with Gasteiger partial charge in [-0.05, 0) is 117 Å². The second-order valence-corrected chi connectivity index (χ2v) is 16.1. The van der Waals surface area contributed by atoms with Gasteiger partial charge in [-0.15, -0.1) is 11.6 Å². The monoisotopic (exact) mass is 988 g/mol. The van der Waals surface area contributed by atoms with E-state index in [1.54, 1.807) is 12.1 Å². The number of aryl methyl sites for hydroxylation is 1. The Balaban J connectivity index is 1.27. The van der Waals surface area contributed by atoms with Crippen molar-refractivity contribution in [3.63, 3.8) is 0 Å². The van der Waals surface area contributed by atoms with E-state index in [1.807, 2.05) is 0 Å². The van der Waals surface area contributed by atoms with Crippen molar-refractivity contribution in [2.75, 3.05) is 27.1 Å². The predicted octanol–water partition coefficient (Wildman–Crippen LogP) is 12.3. The van der Waals surface area contributed by atoms with Crippen molar-refractivity contribution in [3.05, 3.63) is 138 Å². The summed E-state index contributed by atoms with van der Waals surface area (Å²) in [6.07, 6.45) is 0.205. The number of carbonyl (C=O) groups is 6. The largest absolute Gasteiger partial charge is 0.324 e. The predicted molar refractivity (Wildman–Crippen MR) is 248 cm³/mol. The molecule has 0 aliphatic rings. The number of ketones is 2. The molecule has 5 aromatic carbocycles. The Morgan fingerprint density at radius 1 is 0.508 bits per heavy atom. The third-order valence-electron chi connectivity index (χ3n) is 8.59. The van der Waals surface area contributed by atoms with Gasteiger partial charge in [0, 0.05) is 27.3 Å². The number of nitrogens with zero attached hydrogens (tertiary/aromatic N) is 4. The summed E-state index contributed by atoms with van der Waals surface area (Å²) < 4.78 is 0. The van der Waals surface area contributed by atoms with Crippen LogP contribution in [-0.2, 0) is 25.6 Å². The van der Waals surface area contributed by atoms with Crippen molar-refractivity contribution >= 4 is 151 Å². The first-order chi connectivity index (χ1) is 29.9. The van der Waals surface area contributed by atoms with E-state index in [4.69, 9.17) is 81.2 Å². The highest BCUT2D eigenvalue weighted by Gasteiger charge is 2.26. The minimum Gasteiger partial charge on any atom is -0.324 e. The second kappa shape index (κ2) is 22.3. The number of hydrogen-bond acceptors (Lipinski definition) is 10. The summed E-state index contributed by atoms with van der Waals surface area (Å²) in [5.74, 6) is -4.09. The Bertz CT molecular complexity index is 2700. The van der Waals surface area contributed by atoms with Crippen molar-refractivity contribution in [2.24, 2.45) is 20.5 Å². The minimum atomic E-state index is -1.61. The van der Waals surface area contributed by atoms with Crippen molar-refractivity contribution < 1.29 is 28.8 Å². The average Bonchev–Trinajstić information content (AvgIpc) is 3.22. The summed E-state index contributed by atoms with van der Waals surface area (Å²) in [4.78, 5) is 78.0. The lowest BCUT2D eigenvalue weighted by atomic mass is 10.1. The van der Waals surface area contributed by atoms with Gasteiger partial charge in [0.1, 0.15) is 0 Å². The topological polar surface area (TPSA) is 200 Å². The Morgan fingerprint density at radius 2 is 0.952 bits per heavy atom. The van der Waals surface area contributed by atoms with Crippen molar-refractivity contribution in [1.29, 1.82) is 0 Å². The quantitative estimate of drug-likeness (QED) is 0.0430. The van der Waals surface area contributed by atoms with Crippen LogP contribution in [0, 0.1) is 0 Å². The molecular formula is C42H31Cl7N8O6. The van der Waals surface area contributed by atoms with Gasteiger partial charge in [0.25, 0.3) is 23.6 Å². The molecule has 2 unspecified atom stereocenters. The number of hydrogen-bond donors (Lipinski definition) is 4. The smallest absolute Gasteiger partial charge is 0.258 e. The SMILES string of the molecule is CC(=O)C(N=Nc1ccc(Cl)c(C(=O)Nc2ccc(Cl)cc2Cl)c1)C(=O)Nc1ccc(NC(=O)C(N=Nc2ccc(Cl)c(C(=O)Nc3ccc(Cl)cc3Cl)c2)C(C)=O)c(CCCl)c1. The molecule has 4 N–H and O–H groups in total. The molecule has 0 aromatic heterocycles. The number of azo groups is 2. The van der Waals surface area contributed by atoms with Crippen molar-refractivity contribution in [3.8, 4) is 0 Å². The number of benzene rings is 5. The Morgan fingerprint density at radius 3 is 1.38 bits per heavy atom. The molecule has 5 rings (SSSR count). The van der Waals surface area contributed by atoms with Gasteiger partial charge in [-0.3, -0.25) is 28.8 Å². The number of nitrogens with one attached hydrogen (secondary N) is 4. The normalized spacial score (nSPS) is 12.1. The van der Waals surface area contributed by atoms with Crippen LogP contribution in [0.25, 0.3) is 0 Å². The van der Waals surface area contributed by atoms with Gasteiger partial charge in [0.05, 0.1) is 54.0 Å². The highest BCUT2D eigenvalue weighted by molar-refractivity contribution is 6.38. The maximum Gasteiger partial charge on any atom is 0.258 e. The van der Waals surface area contributed by atoms with E-state index in [1.165, 1.54) is 78.9 Å². The summed E-state index contributed by atoms with van der Waals surface area (Å²) in [5.41, 5.74) is 1.73. The maximum absolute atomic E-state index is 13.4. The van der Waals surface area contributed by atoms with Crippen LogP contribution in [0.5, 0.6) is 0 Å². The highest BCUT2D eigenvalue weighted by atomic mass is 35.5. The number of anilines is 4. The number of alkyl halides is 1. The van der Waals surface area contributed by atoms with E-state index >= 15 is 0 Å². The number of rotatable bonds is 16. The zero-order chi connectivity index (χ0) is 46.0. The van der Waals surface area contributed by atoms with Gasteiger partial charge < -0.3 is 21.3 Å². The third kappa shape index (κ3) is 13.3. The molecule has 5 aromatic rings. The minimum absolute atomic E-state index is 0.0117. The summed E-state index contributed by atoms with van der Waals surface area (Å²) in [7, 11) is 0. The van der Waals surface area contributed by atoms with Crippen LogP contribution < -0.4 is 21.3 Å². The molecule has 0 aliphatic carbocycles. The van der Waals surface area contributed by atoms with Gasteiger partial charge in [-0.25, -0.2) is 0 Å². The van der Waals surface area contributed by atoms with Crippen LogP contribution in [0.2, 0.25) is 30.1 Å². The molecule has 324 valence electrons. The van der Waals surface area contributed by atoms with Gasteiger partial charge in [0.15, 0.2) is 11.6 Å². The first kappa shape index (κ1) is 48.6. The van der Waals surface area contributed by atoms with Gasteiger partial charge in [-0.1, -0.05) is 69.6 Å². The second-order valence-electron chi connectivity index (χ2n) is 13.2. The first-order valence-electron chi connectivity index (χ1n) is 18.2. The van der Waals surface area contributed by atoms with E-state index in [-0.39, 0.29) is 77.6 Å². The van der Waals surface area contributed by atoms with E-state index < -0.39 is 47.3 Å². The summed E-state index contributed by atoms with van der Waals surface area (Å²) in [5, 5.41) is 27.8. The van der Waals surface area contributed by atoms with Crippen LogP contribution in [0.4, 0.5) is 34.1 Å². The maximum atomic E-state index is 13.4. The number of halogens is 7. The molecule has 0 radical (unpaired) electrons. The number of amides is 4. The van der Waals surface area contributed by atoms with E-state index in [9.17, 15) is 28.8 Å². The summed E-state index contributed by atoms with van der Waals surface area (Å²) in [6, 6.07) is 18.6. The fourth-order valence-electron chi connectivity index (χ4n) is 5.46. The molecule has 0 spiro atoms. The number of Topliss-reactive ketones (excluding diaryl/α,β-unsaturated/α-hetero) is 2. The van der Waals surface area contributed by atoms with Gasteiger partial charge >= 0.3 is 0 Å². The molecular weight excluding hydrogens is 961 g/mol. The summed E-state index contributed by atoms with van der Waals surface area (Å²) >= 11 is 42.9. The highest BCUT2D eigenvalue weighted by Crippen LogP contribution is 2.31. The molecule has 2 atom stereocenters. The summed E-state index contributed by atoms with van der Waals surface area (Å²) in [6.45, 7) is 2.31. The molecule has 21 heteroatoms. The molecule has 0 fully saturated rings. The third-order valence-corrected chi connectivity index (χ3v) is 10.5. The van der Waals surface area contributed by atoms with Crippen molar-refractivity contribution in [2.45, 2.75) is 32.4 Å². The number of carbonyl (C=O) groups excluding carboxylic acids is 6. The van der Waals surface area contributed by atoms with E-state index in [0.717, 1.165) is 13.8 Å². The van der Waals surface area contributed by atoms with Crippen LogP contribution in [0.1, 0.15) is 40.1 Å². The lowest BCUT2D eigenvalue weighted by Crippen LogP contribution is -2.32. The molecule has 4 amide bonds. The molecule has 0 bridgehead atoms. The Hall–Kier alpha value is -5.45. The molecule has 14 nitrogen and oxygen atoms in total. The molecule has 63 heavy (non-hydrogen) atoms. The van der Waals surface area contributed by atoms with Crippen LogP contribution in [-0.4, -0.2) is 53.2 Å². The lowest BCUT2D eigenvalue weighted by Gasteiger charge is -2.15. The van der Waals surface area contributed by atoms with E-state index in [2.05, 4.69) is 41.7 Å². The van der Waals surface area contributed by atoms with Crippen LogP contribution >= 0.6 is 81.2 Å². The lowest BCUT2D eigenvalue weighted by molar-refractivity contribution is -0.127. The van der Waals surface area contributed by atoms with Gasteiger partial charge in [-0.2, -0.15) is 20.5 Å². The fourth-order valence-corrected chi connectivity index (χ4v) is 6.98. The fraction of sp³-hybridized carbons (Fsp3) is 0.143. The van der Waals surface area contributed by atoms with E-state index in [0.29, 0.717) is 15.6 Å². The van der Waals surface area contributed by atoms with Crippen LogP contribution in [0.3, 0.4) is 0 Å². The Labute approximate surface area is 394 Å². The standard InChI is InChI=1S/C42H31Cl7N8O6/c1-20(58)37(56-54-26-5-8-30(46)28(18-26)39(60)52-35-10-3-23(44)16-32(35)48)41(62)50-25-7-12-34(22(15-25)13-14-43)51-42(63)38(21(2)59)57-55-27-6-9-31(47)29(19-27)40(61)53-36-11-4-24(45)17-33(36)49/h3-12,15-19,37-38H,13-14H2,1-2H3,(H,50,62)(H,51,63)(H,52,60)(H,53,61). The average molecular weight is 992 g/mol. The molecule has 0 saturated heterocycles. The Kier molecular flexibility index (Phi) is 17.2.